The average Bonchev–Trinajstić information content (AvgIpc) is 2.63. The van der Waals surface area contributed by atoms with Crippen LogP contribution >= 0.6 is 11.6 Å². The normalized spacial score (nSPS) is 11.5. The summed E-state index contributed by atoms with van der Waals surface area (Å²) in [5.74, 6) is 0.736. The predicted octanol–water partition coefficient (Wildman–Crippen LogP) is 3.75. The Kier molecular flexibility index (Phi) is 5.29. The Hall–Kier alpha value is -2.59. The molecule has 0 aliphatic heterocycles. The first kappa shape index (κ1) is 16.3. The first-order valence-corrected chi connectivity index (χ1v) is 8.15. The van der Waals surface area contributed by atoms with E-state index in [0.717, 1.165) is 27.6 Å². The Morgan fingerprint density at radius 3 is 2.54 bits per heavy atom. The molecule has 0 bridgehead atoms. The molecule has 3 rings (SSSR count). The van der Waals surface area contributed by atoms with Gasteiger partial charge >= 0.3 is 0 Å². The maximum atomic E-state index is 5.90. The van der Waals surface area contributed by atoms with Gasteiger partial charge in [-0.3, -0.25) is 9.98 Å². The van der Waals surface area contributed by atoms with E-state index < -0.39 is 0 Å². The molecular formula is C19H19ClN4. The molecular weight excluding hydrogens is 320 g/mol. The van der Waals surface area contributed by atoms with E-state index in [9.17, 15) is 0 Å². The molecule has 1 heterocycles. The Morgan fingerprint density at radius 1 is 1.00 bits per heavy atom. The molecule has 0 aliphatic rings. The molecule has 0 amide bonds. The lowest BCUT2D eigenvalue weighted by atomic mass is 10.1. The zero-order valence-electron chi connectivity index (χ0n) is 13.5. The number of rotatable bonds is 4. The van der Waals surface area contributed by atoms with Gasteiger partial charge < -0.3 is 10.6 Å². The Balaban J connectivity index is 1.62. The van der Waals surface area contributed by atoms with Crippen LogP contribution in [0.1, 0.15) is 11.3 Å². The molecule has 0 radical (unpaired) electrons. The number of aromatic nitrogens is 1. The van der Waals surface area contributed by atoms with E-state index in [1.807, 2.05) is 48.7 Å². The Labute approximate surface area is 146 Å². The van der Waals surface area contributed by atoms with Crippen LogP contribution in [0.3, 0.4) is 0 Å². The lowest BCUT2D eigenvalue weighted by Gasteiger charge is -2.13. The van der Waals surface area contributed by atoms with Crippen molar-refractivity contribution in [3.05, 3.63) is 77.1 Å². The zero-order chi connectivity index (χ0) is 16.8. The van der Waals surface area contributed by atoms with Crippen LogP contribution in [0, 0.1) is 0 Å². The second-order valence-electron chi connectivity index (χ2n) is 5.38. The van der Waals surface area contributed by atoms with Crippen LogP contribution in [0.5, 0.6) is 0 Å². The number of nitrogens with one attached hydrogen (secondary N) is 2. The number of guanidine groups is 1. The second kappa shape index (κ2) is 7.79. The molecule has 0 aliphatic carbocycles. The largest absolute Gasteiger partial charge is 0.352 e. The highest BCUT2D eigenvalue weighted by atomic mass is 35.5. The maximum Gasteiger partial charge on any atom is 0.191 e. The van der Waals surface area contributed by atoms with Gasteiger partial charge in [0.25, 0.3) is 0 Å². The van der Waals surface area contributed by atoms with Gasteiger partial charge in [0.05, 0.1) is 12.2 Å². The first-order chi connectivity index (χ1) is 11.8. The van der Waals surface area contributed by atoms with Crippen molar-refractivity contribution in [2.45, 2.75) is 13.1 Å². The maximum absolute atomic E-state index is 5.90. The molecule has 2 aromatic carbocycles. The van der Waals surface area contributed by atoms with E-state index in [1.54, 1.807) is 7.05 Å². The summed E-state index contributed by atoms with van der Waals surface area (Å²) in [6, 6.07) is 18.0. The van der Waals surface area contributed by atoms with Crippen LogP contribution in [0.15, 0.2) is 65.8 Å². The molecule has 5 heteroatoms. The van der Waals surface area contributed by atoms with Crippen LogP contribution in [0.4, 0.5) is 0 Å². The second-order valence-corrected chi connectivity index (χ2v) is 5.82. The third-order valence-electron chi connectivity index (χ3n) is 3.78. The quantitative estimate of drug-likeness (QED) is 0.562. The summed E-state index contributed by atoms with van der Waals surface area (Å²) < 4.78 is 0. The highest BCUT2D eigenvalue weighted by molar-refractivity contribution is 6.30. The fourth-order valence-electron chi connectivity index (χ4n) is 2.50. The van der Waals surface area contributed by atoms with Gasteiger partial charge in [0.15, 0.2) is 5.96 Å². The summed E-state index contributed by atoms with van der Waals surface area (Å²) >= 11 is 5.90. The van der Waals surface area contributed by atoms with E-state index >= 15 is 0 Å². The van der Waals surface area contributed by atoms with Crippen molar-refractivity contribution in [2.24, 2.45) is 4.99 Å². The van der Waals surface area contributed by atoms with Crippen LogP contribution in [0.2, 0.25) is 5.02 Å². The van der Waals surface area contributed by atoms with Crippen molar-refractivity contribution in [3.63, 3.8) is 0 Å². The summed E-state index contributed by atoms with van der Waals surface area (Å²) in [5.41, 5.74) is 2.15. The lowest BCUT2D eigenvalue weighted by Crippen LogP contribution is -2.36. The van der Waals surface area contributed by atoms with E-state index in [1.165, 1.54) is 5.39 Å². The summed E-state index contributed by atoms with van der Waals surface area (Å²) in [5, 5.41) is 9.68. The number of fused-ring (bicyclic) bond motifs is 1. The van der Waals surface area contributed by atoms with E-state index in [2.05, 4.69) is 32.7 Å². The van der Waals surface area contributed by atoms with Crippen molar-refractivity contribution in [1.29, 1.82) is 0 Å². The van der Waals surface area contributed by atoms with Crippen LogP contribution < -0.4 is 10.6 Å². The molecule has 122 valence electrons. The van der Waals surface area contributed by atoms with Gasteiger partial charge in [-0.1, -0.05) is 48.0 Å². The van der Waals surface area contributed by atoms with Crippen molar-refractivity contribution < 1.29 is 0 Å². The predicted molar refractivity (Wildman–Crippen MR) is 100 cm³/mol. The molecule has 4 nitrogen and oxygen atoms in total. The molecule has 0 atom stereocenters. The minimum atomic E-state index is 0.613. The van der Waals surface area contributed by atoms with E-state index in [0.29, 0.717) is 13.1 Å². The summed E-state index contributed by atoms with van der Waals surface area (Å²) in [6.45, 7) is 1.29. The first-order valence-electron chi connectivity index (χ1n) is 7.78. The van der Waals surface area contributed by atoms with Crippen molar-refractivity contribution >= 4 is 28.3 Å². The molecule has 0 spiro atoms. The third kappa shape index (κ3) is 4.03. The van der Waals surface area contributed by atoms with Crippen molar-refractivity contribution in [3.8, 4) is 0 Å². The molecule has 0 fully saturated rings. The number of aliphatic imine (C=N–C) groups is 1. The van der Waals surface area contributed by atoms with Gasteiger partial charge in [-0.2, -0.15) is 0 Å². The fourth-order valence-corrected chi connectivity index (χ4v) is 2.63. The molecule has 0 unspecified atom stereocenters. The minimum Gasteiger partial charge on any atom is -0.352 e. The van der Waals surface area contributed by atoms with Crippen LogP contribution in [-0.4, -0.2) is 18.0 Å². The number of hydrogen-bond acceptors (Lipinski definition) is 2. The number of pyridine rings is 1. The van der Waals surface area contributed by atoms with Gasteiger partial charge in [-0.25, -0.2) is 0 Å². The number of benzene rings is 2. The smallest absolute Gasteiger partial charge is 0.191 e. The monoisotopic (exact) mass is 338 g/mol. The summed E-state index contributed by atoms with van der Waals surface area (Å²) in [4.78, 5) is 8.74. The molecule has 3 aromatic rings. The molecule has 0 saturated carbocycles. The Morgan fingerprint density at radius 2 is 1.75 bits per heavy atom. The topological polar surface area (TPSA) is 49.3 Å². The van der Waals surface area contributed by atoms with Gasteiger partial charge in [0.1, 0.15) is 0 Å². The zero-order valence-corrected chi connectivity index (χ0v) is 14.2. The van der Waals surface area contributed by atoms with E-state index in [-0.39, 0.29) is 0 Å². The van der Waals surface area contributed by atoms with Crippen LogP contribution in [-0.2, 0) is 13.1 Å². The molecule has 1 aromatic heterocycles. The lowest BCUT2D eigenvalue weighted by molar-refractivity contribution is 0.799. The highest BCUT2D eigenvalue weighted by Gasteiger charge is 2.04. The van der Waals surface area contributed by atoms with Gasteiger partial charge in [0.2, 0.25) is 0 Å². The fraction of sp³-hybridized carbons (Fsp3) is 0.158. The van der Waals surface area contributed by atoms with E-state index in [4.69, 9.17) is 11.6 Å². The minimum absolute atomic E-state index is 0.613. The third-order valence-corrected chi connectivity index (χ3v) is 4.03. The Bertz CT molecular complexity index is 838. The number of nitrogens with zero attached hydrogens (tertiary/aromatic N) is 2. The SMILES string of the molecule is CN=C(NCc1ccc(Cl)cc1)NCc1nccc2ccccc12. The van der Waals surface area contributed by atoms with Gasteiger partial charge in [0, 0.05) is 30.2 Å². The van der Waals surface area contributed by atoms with Crippen LogP contribution in [0.25, 0.3) is 10.8 Å². The van der Waals surface area contributed by atoms with Crippen molar-refractivity contribution in [2.75, 3.05) is 7.05 Å². The molecule has 24 heavy (non-hydrogen) atoms. The average molecular weight is 339 g/mol. The molecule has 2 N–H and O–H groups in total. The highest BCUT2D eigenvalue weighted by Crippen LogP contribution is 2.15. The van der Waals surface area contributed by atoms with Gasteiger partial charge in [-0.15, -0.1) is 0 Å². The standard InChI is InChI=1S/C19H19ClN4/c1-21-19(23-12-14-6-8-16(20)9-7-14)24-13-18-17-5-3-2-4-15(17)10-11-22-18/h2-11H,12-13H2,1H3,(H2,21,23,24). The summed E-state index contributed by atoms with van der Waals surface area (Å²) in [7, 11) is 1.76. The van der Waals surface area contributed by atoms with Crippen molar-refractivity contribution in [1.82, 2.24) is 15.6 Å². The summed E-state index contributed by atoms with van der Waals surface area (Å²) in [6.07, 6.45) is 1.84. The number of hydrogen-bond donors (Lipinski definition) is 2. The number of halogens is 1. The van der Waals surface area contributed by atoms with Gasteiger partial charge in [-0.05, 0) is 29.1 Å². The molecule has 0 saturated heterocycles.